The summed E-state index contributed by atoms with van der Waals surface area (Å²) < 4.78 is 1.70. The number of nitrogens with zero attached hydrogens (tertiary/aromatic N) is 2. The number of nitrogens with one attached hydrogen (secondary N) is 1. The molecule has 1 aliphatic carbocycles. The van der Waals surface area contributed by atoms with Gasteiger partial charge in [0.05, 0.1) is 11.3 Å². The minimum absolute atomic E-state index is 0.150. The van der Waals surface area contributed by atoms with Crippen LogP contribution in [0.1, 0.15) is 62.1 Å². The van der Waals surface area contributed by atoms with Crippen molar-refractivity contribution < 1.29 is 9.90 Å². The highest BCUT2D eigenvalue weighted by Crippen LogP contribution is 2.33. The maximum Gasteiger partial charge on any atom is 0.269 e. The molecule has 5 heteroatoms. The Labute approximate surface area is 126 Å². The number of hydrogen-bond acceptors (Lipinski definition) is 3. The van der Waals surface area contributed by atoms with E-state index < -0.39 is 5.60 Å². The van der Waals surface area contributed by atoms with Gasteiger partial charge >= 0.3 is 0 Å². The summed E-state index contributed by atoms with van der Waals surface area (Å²) in [5, 5.41) is 17.7. The highest BCUT2D eigenvalue weighted by Gasteiger charge is 2.33. The smallest absolute Gasteiger partial charge is 0.269 e. The second-order valence-corrected chi connectivity index (χ2v) is 6.25. The average molecular weight is 293 g/mol. The summed E-state index contributed by atoms with van der Waals surface area (Å²) in [6, 6.07) is 1.79. The minimum atomic E-state index is -0.743. The fraction of sp³-hybridized carbons (Fsp3) is 0.750. The van der Waals surface area contributed by atoms with Gasteiger partial charge in [-0.15, -0.1) is 0 Å². The number of amides is 1. The van der Waals surface area contributed by atoms with E-state index in [4.69, 9.17) is 0 Å². The zero-order valence-corrected chi connectivity index (χ0v) is 13.4. The first-order valence-corrected chi connectivity index (χ1v) is 8.02. The molecule has 21 heavy (non-hydrogen) atoms. The zero-order chi connectivity index (χ0) is 15.5. The maximum absolute atomic E-state index is 12.3. The Hall–Kier alpha value is -1.36. The Morgan fingerprint density at radius 1 is 1.48 bits per heavy atom. The first-order chi connectivity index (χ1) is 9.97. The molecule has 0 aromatic carbocycles. The molecule has 1 amide bonds. The van der Waals surface area contributed by atoms with Gasteiger partial charge in [0.15, 0.2) is 0 Å². The molecule has 0 unspecified atom stereocenters. The summed E-state index contributed by atoms with van der Waals surface area (Å²) in [7, 11) is 0. The molecular weight excluding hydrogens is 266 g/mol. The molecule has 0 saturated heterocycles. The van der Waals surface area contributed by atoms with Gasteiger partial charge in [-0.05, 0) is 51.5 Å². The van der Waals surface area contributed by atoms with Gasteiger partial charge in [-0.2, -0.15) is 5.10 Å². The lowest BCUT2D eigenvalue weighted by Crippen LogP contribution is -2.45. The normalized spacial score (nSPS) is 25.8. The van der Waals surface area contributed by atoms with E-state index in [0.717, 1.165) is 37.3 Å². The molecule has 1 aliphatic rings. The lowest BCUT2D eigenvalue weighted by atomic mass is 9.78. The van der Waals surface area contributed by atoms with Gasteiger partial charge in [0.1, 0.15) is 5.69 Å². The van der Waals surface area contributed by atoms with Crippen molar-refractivity contribution >= 4 is 5.91 Å². The van der Waals surface area contributed by atoms with E-state index in [-0.39, 0.29) is 5.91 Å². The van der Waals surface area contributed by atoms with Crippen LogP contribution in [0.3, 0.4) is 0 Å². The Morgan fingerprint density at radius 3 is 2.71 bits per heavy atom. The summed E-state index contributed by atoms with van der Waals surface area (Å²) in [4.78, 5) is 12.3. The van der Waals surface area contributed by atoms with E-state index in [0.29, 0.717) is 18.8 Å². The van der Waals surface area contributed by atoms with Crippen molar-refractivity contribution in [3.05, 3.63) is 17.5 Å². The van der Waals surface area contributed by atoms with Crippen LogP contribution in [-0.2, 0) is 6.54 Å². The van der Waals surface area contributed by atoms with Crippen molar-refractivity contribution in [1.82, 2.24) is 15.1 Å². The predicted molar refractivity (Wildman–Crippen MR) is 82.2 cm³/mol. The molecule has 1 heterocycles. The monoisotopic (exact) mass is 293 g/mol. The van der Waals surface area contributed by atoms with Gasteiger partial charge in [0, 0.05) is 13.1 Å². The number of aromatic nitrogens is 2. The SMILES string of the molecule is CCC1CCC(O)(CNC(=O)c2cc(C)nn2CC)CC1. The van der Waals surface area contributed by atoms with E-state index in [1.54, 1.807) is 10.7 Å². The fourth-order valence-corrected chi connectivity index (χ4v) is 3.10. The predicted octanol–water partition coefficient (Wildman–Crippen LogP) is 2.27. The summed E-state index contributed by atoms with van der Waals surface area (Å²) in [6.45, 7) is 7.03. The minimum Gasteiger partial charge on any atom is -0.388 e. The van der Waals surface area contributed by atoms with Crippen molar-refractivity contribution in [2.45, 2.75) is 65.0 Å². The van der Waals surface area contributed by atoms with Crippen LogP contribution in [0.2, 0.25) is 0 Å². The third kappa shape index (κ3) is 3.84. The Balaban J connectivity index is 1.92. The third-order valence-electron chi connectivity index (χ3n) is 4.63. The highest BCUT2D eigenvalue weighted by molar-refractivity contribution is 5.92. The molecule has 0 radical (unpaired) electrons. The lowest BCUT2D eigenvalue weighted by molar-refractivity contribution is -0.00794. The van der Waals surface area contributed by atoms with Crippen LogP contribution < -0.4 is 5.32 Å². The van der Waals surface area contributed by atoms with Crippen LogP contribution in [0.15, 0.2) is 6.07 Å². The van der Waals surface area contributed by atoms with Gasteiger partial charge in [-0.3, -0.25) is 9.48 Å². The standard InChI is InChI=1S/C16H27N3O2/c1-4-13-6-8-16(21,9-7-13)11-17-15(20)14-10-12(3)18-19(14)5-2/h10,13,21H,4-9,11H2,1-3H3,(H,17,20). The zero-order valence-electron chi connectivity index (χ0n) is 13.4. The molecule has 0 aliphatic heterocycles. The van der Waals surface area contributed by atoms with Gasteiger partial charge in [-0.1, -0.05) is 13.3 Å². The summed E-state index contributed by atoms with van der Waals surface area (Å²) in [6.07, 6.45) is 4.83. The molecule has 1 aromatic heterocycles. The number of carbonyl (C=O) groups excluding carboxylic acids is 1. The Kier molecular flexibility index (Phi) is 5.04. The van der Waals surface area contributed by atoms with Crippen LogP contribution in [0.5, 0.6) is 0 Å². The number of aliphatic hydroxyl groups is 1. The molecule has 1 fully saturated rings. The van der Waals surface area contributed by atoms with Gasteiger partial charge < -0.3 is 10.4 Å². The van der Waals surface area contributed by atoms with Crippen molar-refractivity contribution in [2.24, 2.45) is 5.92 Å². The van der Waals surface area contributed by atoms with Crippen molar-refractivity contribution in [2.75, 3.05) is 6.54 Å². The molecule has 0 bridgehead atoms. The van der Waals surface area contributed by atoms with E-state index >= 15 is 0 Å². The number of carbonyl (C=O) groups is 1. The van der Waals surface area contributed by atoms with Gasteiger partial charge in [-0.25, -0.2) is 0 Å². The summed E-state index contributed by atoms with van der Waals surface area (Å²) in [5.74, 6) is 0.577. The number of rotatable bonds is 5. The molecule has 2 N–H and O–H groups in total. The van der Waals surface area contributed by atoms with Crippen molar-refractivity contribution in [3.8, 4) is 0 Å². The van der Waals surface area contributed by atoms with Crippen LogP contribution in [0, 0.1) is 12.8 Å². The quantitative estimate of drug-likeness (QED) is 0.875. The lowest BCUT2D eigenvalue weighted by Gasteiger charge is -2.35. The van der Waals surface area contributed by atoms with Crippen LogP contribution in [0.4, 0.5) is 0 Å². The third-order valence-corrected chi connectivity index (χ3v) is 4.63. The van der Waals surface area contributed by atoms with Crippen LogP contribution in [-0.4, -0.2) is 32.9 Å². The molecule has 2 rings (SSSR count). The largest absolute Gasteiger partial charge is 0.388 e. The molecule has 5 nitrogen and oxygen atoms in total. The van der Waals surface area contributed by atoms with Crippen LogP contribution in [0.25, 0.3) is 0 Å². The Morgan fingerprint density at radius 2 is 2.14 bits per heavy atom. The second kappa shape index (κ2) is 6.60. The number of hydrogen-bond donors (Lipinski definition) is 2. The van der Waals surface area contributed by atoms with E-state index in [9.17, 15) is 9.90 Å². The first-order valence-electron chi connectivity index (χ1n) is 8.02. The van der Waals surface area contributed by atoms with E-state index in [1.807, 2.05) is 13.8 Å². The van der Waals surface area contributed by atoms with E-state index in [1.165, 1.54) is 6.42 Å². The highest BCUT2D eigenvalue weighted by atomic mass is 16.3. The molecule has 1 saturated carbocycles. The molecule has 1 aromatic rings. The van der Waals surface area contributed by atoms with Crippen LogP contribution >= 0.6 is 0 Å². The summed E-state index contributed by atoms with van der Waals surface area (Å²) >= 11 is 0. The first kappa shape index (κ1) is 16.0. The number of aryl methyl sites for hydroxylation is 2. The fourth-order valence-electron chi connectivity index (χ4n) is 3.10. The second-order valence-electron chi connectivity index (χ2n) is 6.25. The molecule has 118 valence electrons. The molecular formula is C16H27N3O2. The maximum atomic E-state index is 12.3. The van der Waals surface area contributed by atoms with Crippen molar-refractivity contribution in [1.29, 1.82) is 0 Å². The van der Waals surface area contributed by atoms with Gasteiger partial charge in [0.2, 0.25) is 0 Å². The van der Waals surface area contributed by atoms with E-state index in [2.05, 4.69) is 17.3 Å². The van der Waals surface area contributed by atoms with Crippen molar-refractivity contribution in [3.63, 3.8) is 0 Å². The topological polar surface area (TPSA) is 67.2 Å². The van der Waals surface area contributed by atoms with Gasteiger partial charge in [0.25, 0.3) is 5.91 Å². The molecule has 0 atom stereocenters. The average Bonchev–Trinajstić information content (AvgIpc) is 2.87. The molecule has 0 spiro atoms. The summed E-state index contributed by atoms with van der Waals surface area (Å²) in [5.41, 5.74) is 0.665. The Bertz CT molecular complexity index is 488.